The molecule has 0 aromatic carbocycles. The van der Waals surface area contributed by atoms with E-state index >= 15 is 0 Å². The fourth-order valence-corrected chi connectivity index (χ4v) is 4.89. The summed E-state index contributed by atoms with van der Waals surface area (Å²) >= 11 is 1.98. The van der Waals surface area contributed by atoms with Crippen LogP contribution in [0.15, 0.2) is 0 Å². The first-order valence-corrected chi connectivity index (χ1v) is 9.63. The first kappa shape index (κ1) is 15.5. The number of ether oxygens (including phenoxy) is 1. The van der Waals surface area contributed by atoms with Crippen LogP contribution in [0.4, 0.5) is 4.79 Å². The highest BCUT2D eigenvalue weighted by Gasteiger charge is 2.40. The molecule has 0 aromatic heterocycles. The Labute approximate surface area is 132 Å². The van der Waals surface area contributed by atoms with Gasteiger partial charge in [0.15, 0.2) is 0 Å². The molecular weight excluding hydrogens is 284 g/mol. The second-order valence-electron chi connectivity index (χ2n) is 6.93. The van der Waals surface area contributed by atoms with Gasteiger partial charge in [0, 0.05) is 24.4 Å². The van der Waals surface area contributed by atoms with Crippen molar-refractivity contribution < 1.29 is 9.53 Å². The standard InChI is InChI=1S/C16H28N2O2S/c1-2-13(9-12-3-4-12)17-15(19)18-14-5-7-20-16(10-14)6-8-21-11-16/h12-14H,2-11H2,1H3,(H2,17,18,19)/t13-,14-,16+/m1/s1. The average molecular weight is 312 g/mol. The third-order valence-corrected chi connectivity index (χ3v) is 6.26. The molecule has 2 aliphatic heterocycles. The van der Waals surface area contributed by atoms with E-state index in [9.17, 15) is 4.79 Å². The van der Waals surface area contributed by atoms with Crippen molar-refractivity contribution in [1.82, 2.24) is 10.6 Å². The van der Waals surface area contributed by atoms with Crippen molar-refractivity contribution in [2.24, 2.45) is 5.92 Å². The third-order valence-electron chi connectivity index (χ3n) is 5.04. The average Bonchev–Trinajstić information content (AvgIpc) is 3.18. The van der Waals surface area contributed by atoms with Gasteiger partial charge in [0.1, 0.15) is 0 Å². The highest BCUT2D eigenvalue weighted by Crippen LogP contribution is 2.38. The molecule has 0 radical (unpaired) electrons. The minimum absolute atomic E-state index is 0.0233. The molecular formula is C16H28N2O2S. The van der Waals surface area contributed by atoms with E-state index in [1.165, 1.54) is 18.6 Å². The van der Waals surface area contributed by atoms with Crippen molar-refractivity contribution in [3.63, 3.8) is 0 Å². The van der Waals surface area contributed by atoms with Crippen LogP contribution in [0.5, 0.6) is 0 Å². The van der Waals surface area contributed by atoms with Gasteiger partial charge in [0.05, 0.1) is 5.60 Å². The first-order chi connectivity index (χ1) is 10.2. The van der Waals surface area contributed by atoms with E-state index in [-0.39, 0.29) is 17.7 Å². The number of amides is 2. The quantitative estimate of drug-likeness (QED) is 0.820. The summed E-state index contributed by atoms with van der Waals surface area (Å²) in [6, 6.07) is 0.638. The molecule has 120 valence electrons. The van der Waals surface area contributed by atoms with Gasteiger partial charge >= 0.3 is 6.03 Å². The Balaban J connectivity index is 1.45. The Hall–Kier alpha value is -0.420. The van der Waals surface area contributed by atoms with Crippen LogP contribution >= 0.6 is 11.8 Å². The number of urea groups is 1. The van der Waals surface area contributed by atoms with E-state index in [1.807, 2.05) is 11.8 Å². The molecule has 2 heterocycles. The largest absolute Gasteiger partial charge is 0.374 e. The number of nitrogens with one attached hydrogen (secondary N) is 2. The van der Waals surface area contributed by atoms with Crippen molar-refractivity contribution in [2.75, 3.05) is 18.1 Å². The molecule has 3 fully saturated rings. The van der Waals surface area contributed by atoms with Crippen molar-refractivity contribution in [3.8, 4) is 0 Å². The highest BCUT2D eigenvalue weighted by molar-refractivity contribution is 7.99. The zero-order valence-electron chi connectivity index (χ0n) is 13.0. The molecule has 4 nitrogen and oxygen atoms in total. The Bertz CT molecular complexity index is 367. The zero-order chi connectivity index (χ0) is 14.7. The molecule has 2 amide bonds. The highest BCUT2D eigenvalue weighted by atomic mass is 32.2. The third kappa shape index (κ3) is 4.28. The minimum Gasteiger partial charge on any atom is -0.374 e. The SMILES string of the molecule is CC[C@H](CC1CC1)NC(=O)N[C@@H]1CCO[C@@]2(CCSC2)C1. The van der Waals surface area contributed by atoms with E-state index < -0.39 is 0 Å². The molecule has 5 heteroatoms. The van der Waals surface area contributed by atoms with Crippen LogP contribution in [0.25, 0.3) is 0 Å². The second kappa shape index (κ2) is 6.78. The predicted octanol–water partition coefficient (Wildman–Crippen LogP) is 2.92. The Morgan fingerprint density at radius 2 is 2.29 bits per heavy atom. The van der Waals surface area contributed by atoms with Gasteiger partial charge in [0.2, 0.25) is 0 Å². The lowest BCUT2D eigenvalue weighted by atomic mass is 9.90. The Kier molecular flexibility index (Phi) is 4.99. The molecule has 2 saturated heterocycles. The first-order valence-electron chi connectivity index (χ1n) is 8.48. The molecule has 1 spiro atoms. The van der Waals surface area contributed by atoms with Gasteiger partial charge < -0.3 is 15.4 Å². The normalized spacial score (nSPS) is 33.9. The van der Waals surface area contributed by atoms with Gasteiger partial charge in [-0.25, -0.2) is 4.79 Å². The maximum Gasteiger partial charge on any atom is 0.315 e. The van der Waals surface area contributed by atoms with Crippen molar-refractivity contribution in [2.45, 2.75) is 69.6 Å². The number of hydrogen-bond acceptors (Lipinski definition) is 3. The molecule has 21 heavy (non-hydrogen) atoms. The van der Waals surface area contributed by atoms with Gasteiger partial charge in [-0.2, -0.15) is 11.8 Å². The van der Waals surface area contributed by atoms with E-state index in [4.69, 9.17) is 4.74 Å². The summed E-state index contributed by atoms with van der Waals surface area (Å²) in [7, 11) is 0. The minimum atomic E-state index is 0.0233. The molecule has 0 aromatic rings. The monoisotopic (exact) mass is 312 g/mol. The van der Waals surface area contributed by atoms with Crippen LogP contribution < -0.4 is 10.6 Å². The van der Waals surface area contributed by atoms with E-state index in [0.717, 1.165) is 50.4 Å². The van der Waals surface area contributed by atoms with Crippen LogP contribution in [0.2, 0.25) is 0 Å². The maximum atomic E-state index is 12.2. The molecule has 0 bridgehead atoms. The van der Waals surface area contributed by atoms with Crippen molar-refractivity contribution in [3.05, 3.63) is 0 Å². The molecule has 2 N–H and O–H groups in total. The van der Waals surface area contributed by atoms with E-state index in [2.05, 4.69) is 17.6 Å². The smallest absolute Gasteiger partial charge is 0.315 e. The van der Waals surface area contributed by atoms with Crippen LogP contribution in [0.1, 0.15) is 51.9 Å². The van der Waals surface area contributed by atoms with E-state index in [1.54, 1.807) is 0 Å². The maximum absolute atomic E-state index is 12.2. The van der Waals surface area contributed by atoms with Gasteiger partial charge in [-0.3, -0.25) is 0 Å². The Morgan fingerprint density at radius 3 is 2.95 bits per heavy atom. The summed E-state index contributed by atoms with van der Waals surface area (Å²) in [6.07, 6.45) is 7.93. The van der Waals surface area contributed by atoms with Gasteiger partial charge in [-0.15, -0.1) is 0 Å². The number of thioether (sulfide) groups is 1. The molecule has 3 aliphatic rings. The predicted molar refractivity (Wildman–Crippen MR) is 86.7 cm³/mol. The molecule has 1 aliphatic carbocycles. The summed E-state index contributed by atoms with van der Waals surface area (Å²) in [5.74, 6) is 3.14. The fourth-order valence-electron chi connectivity index (χ4n) is 3.51. The molecule has 0 unspecified atom stereocenters. The van der Waals surface area contributed by atoms with Crippen LogP contribution in [0, 0.1) is 5.92 Å². The topological polar surface area (TPSA) is 50.4 Å². The van der Waals surface area contributed by atoms with Crippen LogP contribution in [0.3, 0.4) is 0 Å². The number of carbonyl (C=O) groups is 1. The van der Waals surface area contributed by atoms with Gasteiger partial charge in [-0.05, 0) is 43.8 Å². The van der Waals surface area contributed by atoms with Gasteiger partial charge in [-0.1, -0.05) is 19.8 Å². The van der Waals surface area contributed by atoms with Crippen molar-refractivity contribution >= 4 is 17.8 Å². The van der Waals surface area contributed by atoms with Crippen LogP contribution in [-0.4, -0.2) is 41.8 Å². The van der Waals surface area contributed by atoms with Gasteiger partial charge in [0.25, 0.3) is 0 Å². The Morgan fingerprint density at radius 1 is 1.43 bits per heavy atom. The molecule has 1 saturated carbocycles. The van der Waals surface area contributed by atoms with Crippen molar-refractivity contribution in [1.29, 1.82) is 0 Å². The van der Waals surface area contributed by atoms with E-state index in [0.29, 0.717) is 6.04 Å². The summed E-state index contributed by atoms with van der Waals surface area (Å²) in [6.45, 7) is 2.94. The van der Waals surface area contributed by atoms with Crippen LogP contribution in [-0.2, 0) is 4.74 Å². The second-order valence-corrected chi connectivity index (χ2v) is 8.03. The lowest BCUT2D eigenvalue weighted by Crippen LogP contribution is -2.52. The fraction of sp³-hybridized carbons (Fsp3) is 0.938. The molecule has 3 atom stereocenters. The number of hydrogen-bond donors (Lipinski definition) is 2. The lowest BCUT2D eigenvalue weighted by Gasteiger charge is -2.38. The number of carbonyl (C=O) groups excluding carboxylic acids is 1. The lowest BCUT2D eigenvalue weighted by molar-refractivity contribution is -0.0684. The summed E-state index contributed by atoms with van der Waals surface area (Å²) < 4.78 is 6.01. The summed E-state index contributed by atoms with van der Waals surface area (Å²) in [4.78, 5) is 12.2. The number of rotatable bonds is 5. The molecule has 3 rings (SSSR count). The summed E-state index contributed by atoms with van der Waals surface area (Å²) in [5, 5.41) is 6.36. The summed E-state index contributed by atoms with van der Waals surface area (Å²) in [5.41, 5.74) is 0.0407. The zero-order valence-corrected chi connectivity index (χ0v) is 13.8.